The van der Waals surface area contributed by atoms with E-state index >= 15 is 0 Å². The van der Waals surface area contributed by atoms with Gasteiger partial charge in [0.25, 0.3) is 0 Å². The van der Waals surface area contributed by atoms with Crippen LogP contribution in [0, 0.1) is 11.6 Å². The minimum absolute atomic E-state index is 0.119. The Morgan fingerprint density at radius 1 is 1.44 bits per heavy atom. The summed E-state index contributed by atoms with van der Waals surface area (Å²) in [7, 11) is 0. The average Bonchev–Trinajstić information content (AvgIpc) is 2.34. The number of hydrogen-bond acceptors (Lipinski definition) is 2. The summed E-state index contributed by atoms with van der Waals surface area (Å²) in [6.45, 7) is 1.73. The Morgan fingerprint density at radius 3 is 2.72 bits per heavy atom. The van der Waals surface area contributed by atoms with Gasteiger partial charge in [-0.15, -0.1) is 0 Å². The lowest BCUT2D eigenvalue weighted by atomic mass is 10.0. The molecule has 0 aliphatic heterocycles. The van der Waals surface area contributed by atoms with E-state index in [0.29, 0.717) is 6.42 Å². The number of aliphatic hydroxyl groups is 1. The third-order valence-electron chi connectivity index (χ3n) is 2.45. The number of aliphatic hydroxyl groups excluding tert-OH is 1. The minimum Gasteiger partial charge on any atom is -0.395 e. The van der Waals surface area contributed by atoms with E-state index in [9.17, 15) is 13.6 Å². The zero-order valence-corrected chi connectivity index (χ0v) is 10.0. The van der Waals surface area contributed by atoms with Crippen LogP contribution >= 0.6 is 0 Å². The van der Waals surface area contributed by atoms with E-state index in [4.69, 9.17) is 5.11 Å². The molecule has 1 aromatic carbocycles. The third kappa shape index (κ3) is 3.96. The zero-order chi connectivity index (χ0) is 13.5. The van der Waals surface area contributed by atoms with E-state index in [1.165, 1.54) is 6.07 Å². The second kappa shape index (κ2) is 6.90. The Labute approximate surface area is 104 Å². The molecular formula is C12H16F2N2O2. The largest absolute Gasteiger partial charge is 0.395 e. The molecule has 4 nitrogen and oxygen atoms in total. The number of carbonyl (C=O) groups excluding carboxylic acids is 1. The monoisotopic (exact) mass is 258 g/mol. The van der Waals surface area contributed by atoms with E-state index in [-0.39, 0.29) is 18.7 Å². The first kappa shape index (κ1) is 14.4. The van der Waals surface area contributed by atoms with Gasteiger partial charge in [0.2, 0.25) is 0 Å². The van der Waals surface area contributed by atoms with Crippen LogP contribution in [0.5, 0.6) is 0 Å². The molecule has 0 heterocycles. The maximum atomic E-state index is 13.5. The fraction of sp³-hybridized carbons (Fsp3) is 0.417. The van der Waals surface area contributed by atoms with Crippen molar-refractivity contribution in [2.45, 2.75) is 19.4 Å². The predicted octanol–water partition coefficient (Wildman–Crippen LogP) is 1.71. The summed E-state index contributed by atoms with van der Waals surface area (Å²) in [6, 6.07) is 2.20. The van der Waals surface area contributed by atoms with Crippen molar-refractivity contribution >= 4 is 6.03 Å². The molecule has 6 heteroatoms. The van der Waals surface area contributed by atoms with Gasteiger partial charge in [-0.05, 0) is 12.5 Å². The molecule has 0 saturated heterocycles. The van der Waals surface area contributed by atoms with Crippen molar-refractivity contribution in [2.75, 3.05) is 13.2 Å². The van der Waals surface area contributed by atoms with Gasteiger partial charge in [0.1, 0.15) is 11.6 Å². The van der Waals surface area contributed by atoms with Crippen LogP contribution in [0.15, 0.2) is 18.2 Å². The van der Waals surface area contributed by atoms with Crippen LogP contribution in [-0.4, -0.2) is 24.3 Å². The maximum Gasteiger partial charge on any atom is 0.315 e. The van der Waals surface area contributed by atoms with Crippen molar-refractivity contribution in [1.29, 1.82) is 0 Å². The van der Waals surface area contributed by atoms with Gasteiger partial charge in [-0.2, -0.15) is 0 Å². The molecule has 1 aromatic rings. The summed E-state index contributed by atoms with van der Waals surface area (Å²) in [6.07, 6.45) is 0.467. The van der Waals surface area contributed by atoms with Gasteiger partial charge < -0.3 is 15.7 Å². The van der Waals surface area contributed by atoms with Crippen LogP contribution in [0.25, 0.3) is 0 Å². The van der Waals surface area contributed by atoms with Gasteiger partial charge in [-0.25, -0.2) is 13.6 Å². The number of rotatable bonds is 5. The van der Waals surface area contributed by atoms with Crippen LogP contribution in [0.3, 0.4) is 0 Å². The number of nitrogens with one attached hydrogen (secondary N) is 2. The Hall–Kier alpha value is -1.69. The number of halogens is 2. The molecule has 0 aliphatic rings. The van der Waals surface area contributed by atoms with Gasteiger partial charge in [-0.3, -0.25) is 0 Å². The SMILES string of the molecule is CCC(NC(=O)NCCO)c1ccc(F)cc1F. The van der Waals surface area contributed by atoms with Gasteiger partial charge in [0.15, 0.2) is 0 Å². The first-order valence-corrected chi connectivity index (χ1v) is 5.68. The van der Waals surface area contributed by atoms with Crippen molar-refractivity contribution in [2.24, 2.45) is 0 Å². The highest BCUT2D eigenvalue weighted by atomic mass is 19.1. The van der Waals surface area contributed by atoms with Crippen molar-refractivity contribution < 1.29 is 18.7 Å². The van der Waals surface area contributed by atoms with E-state index in [2.05, 4.69) is 10.6 Å². The number of carbonyl (C=O) groups is 1. The van der Waals surface area contributed by atoms with Gasteiger partial charge in [0.05, 0.1) is 12.6 Å². The molecule has 0 aliphatic carbocycles. The molecule has 0 fully saturated rings. The quantitative estimate of drug-likeness (QED) is 0.753. The molecule has 0 bridgehead atoms. The summed E-state index contributed by atoms with van der Waals surface area (Å²) in [5, 5.41) is 13.5. The van der Waals surface area contributed by atoms with Crippen molar-refractivity contribution in [3.8, 4) is 0 Å². The summed E-state index contributed by atoms with van der Waals surface area (Å²) in [5.41, 5.74) is 0.234. The molecule has 1 atom stereocenters. The molecule has 0 radical (unpaired) electrons. The normalized spacial score (nSPS) is 12.0. The van der Waals surface area contributed by atoms with Gasteiger partial charge >= 0.3 is 6.03 Å². The lowest BCUT2D eigenvalue weighted by molar-refractivity contribution is 0.230. The fourth-order valence-electron chi connectivity index (χ4n) is 1.56. The summed E-state index contributed by atoms with van der Waals surface area (Å²) < 4.78 is 26.3. The maximum absolute atomic E-state index is 13.5. The average molecular weight is 258 g/mol. The zero-order valence-electron chi connectivity index (χ0n) is 10.0. The number of benzene rings is 1. The summed E-state index contributed by atoms with van der Waals surface area (Å²) >= 11 is 0. The van der Waals surface area contributed by atoms with E-state index in [1.54, 1.807) is 6.92 Å². The molecule has 3 N–H and O–H groups in total. The molecule has 0 saturated carbocycles. The van der Waals surface area contributed by atoms with Gasteiger partial charge in [0, 0.05) is 18.2 Å². The summed E-state index contributed by atoms with van der Waals surface area (Å²) in [5.74, 6) is -1.35. The molecule has 1 rings (SSSR count). The molecule has 0 spiro atoms. The van der Waals surface area contributed by atoms with Crippen molar-refractivity contribution in [3.05, 3.63) is 35.4 Å². The topological polar surface area (TPSA) is 61.4 Å². The number of amides is 2. The van der Waals surface area contributed by atoms with Crippen LogP contribution < -0.4 is 10.6 Å². The molecule has 1 unspecified atom stereocenters. The second-order valence-electron chi connectivity index (χ2n) is 3.75. The Bertz CT molecular complexity index is 413. The molecule has 0 aromatic heterocycles. The first-order chi connectivity index (χ1) is 8.58. The minimum atomic E-state index is -0.690. The second-order valence-corrected chi connectivity index (χ2v) is 3.75. The lowest BCUT2D eigenvalue weighted by Gasteiger charge is -2.18. The highest BCUT2D eigenvalue weighted by Crippen LogP contribution is 2.20. The van der Waals surface area contributed by atoms with E-state index < -0.39 is 23.7 Å². The third-order valence-corrected chi connectivity index (χ3v) is 2.45. The Balaban J connectivity index is 2.73. The first-order valence-electron chi connectivity index (χ1n) is 5.68. The fourth-order valence-corrected chi connectivity index (χ4v) is 1.56. The highest BCUT2D eigenvalue weighted by Gasteiger charge is 2.16. The van der Waals surface area contributed by atoms with Crippen molar-refractivity contribution in [3.63, 3.8) is 0 Å². The Kier molecular flexibility index (Phi) is 5.51. The van der Waals surface area contributed by atoms with Crippen LogP contribution in [0.1, 0.15) is 24.9 Å². The van der Waals surface area contributed by atoms with Gasteiger partial charge in [-0.1, -0.05) is 13.0 Å². The highest BCUT2D eigenvalue weighted by molar-refractivity contribution is 5.74. The van der Waals surface area contributed by atoms with E-state index in [1.807, 2.05) is 0 Å². The van der Waals surface area contributed by atoms with Crippen LogP contribution in [-0.2, 0) is 0 Å². The Morgan fingerprint density at radius 2 is 2.17 bits per heavy atom. The van der Waals surface area contributed by atoms with Crippen molar-refractivity contribution in [1.82, 2.24) is 10.6 Å². The standard InChI is InChI=1S/C12H16F2N2O2/c1-2-11(16-12(18)15-5-6-17)9-4-3-8(13)7-10(9)14/h3-4,7,11,17H,2,5-6H2,1H3,(H2,15,16,18). The lowest BCUT2D eigenvalue weighted by Crippen LogP contribution is -2.39. The molecular weight excluding hydrogens is 242 g/mol. The molecule has 100 valence electrons. The summed E-state index contributed by atoms with van der Waals surface area (Å²) in [4.78, 5) is 11.4. The van der Waals surface area contributed by atoms with Crippen LogP contribution in [0.4, 0.5) is 13.6 Å². The predicted molar refractivity (Wildman–Crippen MR) is 63.0 cm³/mol. The molecule has 2 amide bonds. The van der Waals surface area contributed by atoms with E-state index in [0.717, 1.165) is 12.1 Å². The van der Waals surface area contributed by atoms with Crippen LogP contribution in [0.2, 0.25) is 0 Å². The molecule has 18 heavy (non-hydrogen) atoms. The number of urea groups is 1. The number of hydrogen-bond donors (Lipinski definition) is 3. The smallest absolute Gasteiger partial charge is 0.315 e.